The first-order valence-electron chi connectivity index (χ1n) is 3.90. The second-order valence-corrected chi connectivity index (χ2v) is 3.43. The normalized spacial score (nSPS) is 10.3. The topological polar surface area (TPSA) is 37.8 Å². The number of aromatic nitrogens is 2. The number of nitrogens with zero attached hydrogens (tertiary/aromatic N) is 2. The van der Waals surface area contributed by atoms with Crippen molar-refractivity contribution in [2.45, 2.75) is 13.8 Å². The fourth-order valence-corrected chi connectivity index (χ4v) is 0.921. The Morgan fingerprint density at radius 3 is 2.92 bits per heavy atom. The van der Waals surface area contributed by atoms with Crippen LogP contribution in [0.25, 0.3) is 0 Å². The van der Waals surface area contributed by atoms with Crippen molar-refractivity contribution in [3.8, 4) is 0 Å². The van der Waals surface area contributed by atoms with Gasteiger partial charge in [-0.25, -0.2) is 0 Å². The van der Waals surface area contributed by atoms with E-state index in [2.05, 4.69) is 29.4 Å². The number of nitrogens with one attached hydrogen (secondary N) is 1. The van der Waals surface area contributed by atoms with Gasteiger partial charge in [-0.05, 0) is 5.92 Å². The Labute approximate surface area is 77.2 Å². The van der Waals surface area contributed by atoms with Crippen molar-refractivity contribution in [2.24, 2.45) is 5.92 Å². The summed E-state index contributed by atoms with van der Waals surface area (Å²) in [6, 6.07) is 1.76. The lowest BCUT2D eigenvalue weighted by Gasteiger charge is -2.07. The van der Waals surface area contributed by atoms with Gasteiger partial charge in [-0.1, -0.05) is 25.4 Å². The van der Waals surface area contributed by atoms with Crippen molar-refractivity contribution in [3.63, 3.8) is 0 Å². The molecule has 0 aliphatic heterocycles. The van der Waals surface area contributed by atoms with Crippen LogP contribution in [0.1, 0.15) is 13.8 Å². The van der Waals surface area contributed by atoms with E-state index in [-0.39, 0.29) is 0 Å². The molecular formula is C8H12ClN3. The van der Waals surface area contributed by atoms with E-state index < -0.39 is 0 Å². The van der Waals surface area contributed by atoms with Crippen LogP contribution in [0.4, 0.5) is 5.69 Å². The van der Waals surface area contributed by atoms with Gasteiger partial charge in [0.2, 0.25) is 0 Å². The highest BCUT2D eigenvalue weighted by molar-refractivity contribution is 6.29. The molecule has 1 rings (SSSR count). The monoisotopic (exact) mass is 185 g/mol. The molecule has 1 aromatic heterocycles. The fourth-order valence-electron chi connectivity index (χ4n) is 0.759. The third-order valence-corrected chi connectivity index (χ3v) is 1.52. The molecule has 0 spiro atoms. The highest BCUT2D eigenvalue weighted by Crippen LogP contribution is 2.10. The SMILES string of the molecule is CC(C)CNc1cnnc(Cl)c1. The van der Waals surface area contributed by atoms with E-state index in [1.165, 1.54) is 0 Å². The highest BCUT2D eigenvalue weighted by atomic mass is 35.5. The van der Waals surface area contributed by atoms with Crippen LogP contribution in [0.3, 0.4) is 0 Å². The minimum atomic E-state index is 0.420. The van der Waals surface area contributed by atoms with E-state index in [0.29, 0.717) is 11.1 Å². The van der Waals surface area contributed by atoms with E-state index in [4.69, 9.17) is 11.6 Å². The summed E-state index contributed by atoms with van der Waals surface area (Å²) < 4.78 is 0. The predicted molar refractivity (Wildman–Crippen MR) is 50.4 cm³/mol. The van der Waals surface area contributed by atoms with Crippen molar-refractivity contribution < 1.29 is 0 Å². The maximum Gasteiger partial charge on any atom is 0.153 e. The number of rotatable bonds is 3. The van der Waals surface area contributed by atoms with Crippen molar-refractivity contribution >= 4 is 17.3 Å². The van der Waals surface area contributed by atoms with Gasteiger partial charge >= 0.3 is 0 Å². The van der Waals surface area contributed by atoms with Crippen LogP contribution in [0.2, 0.25) is 5.15 Å². The highest BCUT2D eigenvalue weighted by Gasteiger charge is 1.96. The zero-order chi connectivity index (χ0) is 8.97. The number of hydrogen-bond acceptors (Lipinski definition) is 3. The van der Waals surface area contributed by atoms with Crippen LogP contribution >= 0.6 is 11.6 Å². The second kappa shape index (κ2) is 4.26. The van der Waals surface area contributed by atoms with Gasteiger partial charge in [0.05, 0.1) is 11.9 Å². The van der Waals surface area contributed by atoms with Crippen LogP contribution in [0.5, 0.6) is 0 Å². The zero-order valence-corrected chi connectivity index (χ0v) is 7.97. The first-order chi connectivity index (χ1) is 5.68. The molecule has 0 amide bonds. The van der Waals surface area contributed by atoms with Crippen LogP contribution in [-0.2, 0) is 0 Å². The molecular weight excluding hydrogens is 174 g/mol. The minimum absolute atomic E-state index is 0.420. The largest absolute Gasteiger partial charge is 0.383 e. The van der Waals surface area contributed by atoms with E-state index >= 15 is 0 Å². The predicted octanol–water partition coefficient (Wildman–Crippen LogP) is 2.20. The Hall–Kier alpha value is -0.830. The van der Waals surface area contributed by atoms with Gasteiger partial charge in [0.15, 0.2) is 5.15 Å². The third-order valence-electron chi connectivity index (χ3n) is 1.34. The summed E-state index contributed by atoms with van der Waals surface area (Å²) >= 11 is 5.65. The van der Waals surface area contributed by atoms with Gasteiger partial charge < -0.3 is 5.32 Å². The van der Waals surface area contributed by atoms with Crippen LogP contribution in [0, 0.1) is 5.92 Å². The Morgan fingerprint density at radius 1 is 1.58 bits per heavy atom. The van der Waals surface area contributed by atoms with Crippen molar-refractivity contribution in [1.82, 2.24) is 10.2 Å². The zero-order valence-electron chi connectivity index (χ0n) is 7.21. The van der Waals surface area contributed by atoms with E-state index in [0.717, 1.165) is 12.2 Å². The molecule has 0 radical (unpaired) electrons. The van der Waals surface area contributed by atoms with Gasteiger partial charge in [0.25, 0.3) is 0 Å². The number of anilines is 1. The smallest absolute Gasteiger partial charge is 0.153 e. The van der Waals surface area contributed by atoms with E-state index in [9.17, 15) is 0 Å². The summed E-state index contributed by atoms with van der Waals surface area (Å²) in [4.78, 5) is 0. The molecule has 0 aliphatic carbocycles. The van der Waals surface area contributed by atoms with Crippen molar-refractivity contribution in [3.05, 3.63) is 17.4 Å². The Morgan fingerprint density at radius 2 is 2.33 bits per heavy atom. The maximum atomic E-state index is 5.65. The molecule has 0 atom stereocenters. The third kappa shape index (κ3) is 3.05. The van der Waals surface area contributed by atoms with Gasteiger partial charge in [-0.15, -0.1) is 5.10 Å². The summed E-state index contributed by atoms with van der Waals surface area (Å²) in [5, 5.41) is 11.0. The summed E-state index contributed by atoms with van der Waals surface area (Å²) in [5.41, 5.74) is 0.920. The average molecular weight is 186 g/mol. The molecule has 1 aromatic rings. The molecule has 66 valence electrons. The van der Waals surface area contributed by atoms with E-state index in [1.807, 2.05) is 0 Å². The first-order valence-corrected chi connectivity index (χ1v) is 4.28. The van der Waals surface area contributed by atoms with Crippen LogP contribution in [-0.4, -0.2) is 16.7 Å². The Bertz CT molecular complexity index is 250. The fraction of sp³-hybridized carbons (Fsp3) is 0.500. The summed E-state index contributed by atoms with van der Waals surface area (Å²) in [6.07, 6.45) is 1.66. The lowest BCUT2D eigenvalue weighted by Crippen LogP contribution is -2.08. The Kier molecular flexibility index (Phi) is 3.29. The molecule has 12 heavy (non-hydrogen) atoms. The Balaban J connectivity index is 2.52. The lowest BCUT2D eigenvalue weighted by atomic mass is 10.2. The first kappa shape index (κ1) is 9.26. The molecule has 0 aromatic carbocycles. The number of halogens is 1. The molecule has 0 unspecified atom stereocenters. The standard InChI is InChI=1S/C8H12ClN3/c1-6(2)4-10-7-3-8(9)12-11-5-7/h3,5-6H,4H2,1-2H3,(H,10,12). The summed E-state index contributed by atoms with van der Waals surface area (Å²) in [6.45, 7) is 5.20. The molecule has 1 N–H and O–H groups in total. The average Bonchev–Trinajstić information content (AvgIpc) is 2.01. The number of hydrogen-bond donors (Lipinski definition) is 1. The molecule has 0 fully saturated rings. The minimum Gasteiger partial charge on any atom is -0.383 e. The summed E-state index contributed by atoms with van der Waals surface area (Å²) in [5.74, 6) is 0.608. The van der Waals surface area contributed by atoms with Crippen molar-refractivity contribution in [2.75, 3.05) is 11.9 Å². The molecule has 4 heteroatoms. The van der Waals surface area contributed by atoms with Gasteiger partial charge in [0, 0.05) is 12.6 Å². The molecule has 0 saturated heterocycles. The quantitative estimate of drug-likeness (QED) is 0.785. The molecule has 0 bridgehead atoms. The van der Waals surface area contributed by atoms with E-state index in [1.54, 1.807) is 12.3 Å². The van der Waals surface area contributed by atoms with Crippen LogP contribution in [0.15, 0.2) is 12.3 Å². The lowest BCUT2D eigenvalue weighted by molar-refractivity contribution is 0.688. The van der Waals surface area contributed by atoms with Gasteiger partial charge in [-0.3, -0.25) is 0 Å². The van der Waals surface area contributed by atoms with Crippen molar-refractivity contribution in [1.29, 1.82) is 0 Å². The van der Waals surface area contributed by atoms with Gasteiger partial charge in [-0.2, -0.15) is 5.10 Å². The molecule has 3 nitrogen and oxygen atoms in total. The molecule has 0 saturated carbocycles. The molecule has 1 heterocycles. The molecule has 0 aliphatic rings. The van der Waals surface area contributed by atoms with Crippen LogP contribution < -0.4 is 5.32 Å². The maximum absolute atomic E-state index is 5.65. The summed E-state index contributed by atoms with van der Waals surface area (Å²) in [7, 11) is 0. The second-order valence-electron chi connectivity index (χ2n) is 3.04. The van der Waals surface area contributed by atoms with Gasteiger partial charge in [0.1, 0.15) is 0 Å².